The number of carbonyl (C=O) groups excluding carboxylic acids is 1. The van der Waals surface area contributed by atoms with E-state index < -0.39 is 5.54 Å². The molecule has 1 aliphatic carbocycles. The number of rotatable bonds is 6. The van der Waals surface area contributed by atoms with Crippen LogP contribution in [0.3, 0.4) is 0 Å². The maximum Gasteiger partial charge on any atom is 0.220 e. The molecule has 0 aliphatic heterocycles. The number of halogens is 2. The highest BCUT2D eigenvalue weighted by atomic mass is 35.5. The molecule has 0 spiro atoms. The Morgan fingerprint density at radius 3 is 2.31 bits per heavy atom. The van der Waals surface area contributed by atoms with Gasteiger partial charge in [0.05, 0.1) is 5.54 Å². The minimum atomic E-state index is -0.418. The molecule has 0 radical (unpaired) electrons. The quantitative estimate of drug-likeness (QED) is 0.734. The van der Waals surface area contributed by atoms with E-state index >= 15 is 0 Å². The molecule has 0 saturated heterocycles. The van der Waals surface area contributed by atoms with E-state index in [0.717, 1.165) is 6.42 Å². The highest BCUT2D eigenvalue weighted by molar-refractivity contribution is 6.22. The molecule has 0 bridgehead atoms. The smallest absolute Gasteiger partial charge is 0.220 e. The predicted octanol–water partition coefficient (Wildman–Crippen LogP) is 3.31. The number of carbonyl (C=O) groups is 1. The fourth-order valence-corrected chi connectivity index (χ4v) is 3.00. The first-order chi connectivity index (χ1) is 7.65. The van der Waals surface area contributed by atoms with Gasteiger partial charge in [0.25, 0.3) is 0 Å². The Morgan fingerprint density at radius 2 is 1.88 bits per heavy atom. The number of amides is 1. The Kier molecular flexibility index (Phi) is 5.91. The molecular formula is C12H21Cl2NO. The zero-order chi connectivity index (χ0) is 12.0. The van der Waals surface area contributed by atoms with E-state index in [1.165, 1.54) is 25.7 Å². The first-order valence-electron chi connectivity index (χ1n) is 6.08. The third-order valence-corrected chi connectivity index (χ3v) is 4.56. The number of nitrogens with one attached hydrogen (secondary N) is 1. The van der Waals surface area contributed by atoms with Gasteiger partial charge < -0.3 is 5.32 Å². The third kappa shape index (κ3) is 3.81. The molecule has 1 rings (SSSR count). The van der Waals surface area contributed by atoms with E-state index in [4.69, 9.17) is 23.2 Å². The molecule has 0 aromatic heterocycles. The number of hydrogen-bond acceptors (Lipinski definition) is 1. The Hall–Kier alpha value is 0.0500. The topological polar surface area (TPSA) is 29.1 Å². The summed E-state index contributed by atoms with van der Waals surface area (Å²) in [5.41, 5.74) is -0.418. The van der Waals surface area contributed by atoms with Crippen molar-refractivity contribution < 1.29 is 4.79 Å². The lowest BCUT2D eigenvalue weighted by molar-refractivity contribution is -0.123. The van der Waals surface area contributed by atoms with Crippen LogP contribution in [-0.2, 0) is 4.79 Å². The minimum absolute atomic E-state index is 0.107. The first kappa shape index (κ1) is 14.1. The van der Waals surface area contributed by atoms with Crippen molar-refractivity contribution in [2.45, 2.75) is 51.0 Å². The van der Waals surface area contributed by atoms with Gasteiger partial charge in [0.15, 0.2) is 0 Å². The third-order valence-electron chi connectivity index (χ3n) is 3.54. The fraction of sp³-hybridized carbons (Fsp3) is 0.917. The zero-order valence-corrected chi connectivity index (χ0v) is 11.4. The summed E-state index contributed by atoms with van der Waals surface area (Å²) in [6.07, 6.45) is 6.32. The summed E-state index contributed by atoms with van der Waals surface area (Å²) in [7, 11) is 0. The number of hydrogen-bond donors (Lipinski definition) is 1. The normalized spacial score (nSPS) is 17.7. The Balaban J connectivity index is 2.41. The second-order valence-corrected chi connectivity index (χ2v) is 5.34. The maximum absolute atomic E-state index is 11.9. The average Bonchev–Trinajstić information content (AvgIpc) is 2.79. The van der Waals surface area contributed by atoms with Crippen molar-refractivity contribution in [2.75, 3.05) is 11.8 Å². The fourth-order valence-electron chi connectivity index (χ4n) is 2.20. The monoisotopic (exact) mass is 265 g/mol. The van der Waals surface area contributed by atoms with Crippen molar-refractivity contribution in [2.24, 2.45) is 5.92 Å². The van der Waals surface area contributed by atoms with Crippen molar-refractivity contribution in [1.82, 2.24) is 5.32 Å². The molecule has 0 heterocycles. The van der Waals surface area contributed by atoms with Gasteiger partial charge in [0, 0.05) is 18.2 Å². The van der Waals surface area contributed by atoms with E-state index in [2.05, 4.69) is 5.32 Å². The van der Waals surface area contributed by atoms with Crippen LogP contribution in [0.4, 0.5) is 0 Å². The molecule has 1 amide bonds. The van der Waals surface area contributed by atoms with E-state index in [9.17, 15) is 4.79 Å². The van der Waals surface area contributed by atoms with E-state index in [1.807, 2.05) is 6.92 Å². The first-order valence-corrected chi connectivity index (χ1v) is 7.15. The Labute approximate surface area is 108 Å². The largest absolute Gasteiger partial charge is 0.348 e. The molecule has 1 N–H and O–H groups in total. The minimum Gasteiger partial charge on any atom is -0.348 e. The van der Waals surface area contributed by atoms with Crippen LogP contribution in [0, 0.1) is 5.92 Å². The second-order valence-electron chi connectivity index (χ2n) is 4.80. The standard InChI is InChI=1S/C12H21Cl2NO/c1-2-12(8-13,9-14)15-11(16)7-10-5-3-4-6-10/h10H,2-9H2,1H3,(H,15,16). The van der Waals surface area contributed by atoms with Gasteiger partial charge >= 0.3 is 0 Å². The van der Waals surface area contributed by atoms with Crippen LogP contribution in [-0.4, -0.2) is 23.2 Å². The summed E-state index contributed by atoms with van der Waals surface area (Å²) in [6.45, 7) is 2.00. The lowest BCUT2D eigenvalue weighted by Gasteiger charge is -2.30. The molecule has 0 aromatic rings. The molecule has 0 atom stereocenters. The molecule has 4 heteroatoms. The summed E-state index contributed by atoms with van der Waals surface area (Å²) in [5, 5.41) is 3.00. The van der Waals surface area contributed by atoms with Crippen LogP contribution in [0.15, 0.2) is 0 Å². The summed E-state index contributed by atoms with van der Waals surface area (Å²) in [5.74, 6) is 1.43. The Morgan fingerprint density at radius 1 is 1.31 bits per heavy atom. The van der Waals surface area contributed by atoms with Crippen molar-refractivity contribution in [3.8, 4) is 0 Å². The second kappa shape index (κ2) is 6.70. The molecule has 16 heavy (non-hydrogen) atoms. The zero-order valence-electron chi connectivity index (χ0n) is 9.90. The molecule has 1 saturated carbocycles. The van der Waals surface area contributed by atoms with Gasteiger partial charge in [-0.2, -0.15) is 0 Å². The van der Waals surface area contributed by atoms with Gasteiger partial charge in [-0.1, -0.05) is 19.8 Å². The average molecular weight is 266 g/mol. The van der Waals surface area contributed by atoms with Crippen LogP contribution < -0.4 is 5.32 Å². The molecular weight excluding hydrogens is 245 g/mol. The molecule has 1 aliphatic rings. The summed E-state index contributed by atoms with van der Waals surface area (Å²) in [4.78, 5) is 11.9. The van der Waals surface area contributed by atoms with Crippen LogP contribution in [0.5, 0.6) is 0 Å². The van der Waals surface area contributed by atoms with Crippen molar-refractivity contribution in [1.29, 1.82) is 0 Å². The number of alkyl halides is 2. The highest BCUT2D eigenvalue weighted by Crippen LogP contribution is 2.27. The molecule has 2 nitrogen and oxygen atoms in total. The summed E-state index contributed by atoms with van der Waals surface area (Å²) < 4.78 is 0. The van der Waals surface area contributed by atoms with Crippen molar-refractivity contribution >= 4 is 29.1 Å². The van der Waals surface area contributed by atoms with Crippen molar-refractivity contribution in [3.63, 3.8) is 0 Å². The van der Waals surface area contributed by atoms with E-state index in [0.29, 0.717) is 24.1 Å². The van der Waals surface area contributed by atoms with Gasteiger partial charge in [0.2, 0.25) is 5.91 Å². The van der Waals surface area contributed by atoms with Crippen molar-refractivity contribution in [3.05, 3.63) is 0 Å². The summed E-state index contributed by atoms with van der Waals surface area (Å²) in [6, 6.07) is 0. The van der Waals surface area contributed by atoms with E-state index in [-0.39, 0.29) is 5.91 Å². The maximum atomic E-state index is 11.9. The van der Waals surface area contributed by atoms with Crippen LogP contribution in [0.1, 0.15) is 45.4 Å². The molecule has 0 unspecified atom stereocenters. The van der Waals surface area contributed by atoms with E-state index in [1.54, 1.807) is 0 Å². The SMILES string of the molecule is CCC(CCl)(CCl)NC(=O)CC1CCCC1. The Bertz CT molecular complexity index is 215. The van der Waals surface area contributed by atoms with Gasteiger partial charge in [0.1, 0.15) is 0 Å². The van der Waals surface area contributed by atoms with Gasteiger partial charge in [-0.3, -0.25) is 4.79 Å². The van der Waals surface area contributed by atoms with Gasteiger partial charge in [-0.05, 0) is 25.2 Å². The molecule has 94 valence electrons. The van der Waals surface area contributed by atoms with Gasteiger partial charge in [-0.25, -0.2) is 0 Å². The highest BCUT2D eigenvalue weighted by Gasteiger charge is 2.29. The van der Waals surface area contributed by atoms with Gasteiger partial charge in [-0.15, -0.1) is 23.2 Å². The predicted molar refractivity (Wildman–Crippen MR) is 69.2 cm³/mol. The molecule has 0 aromatic carbocycles. The molecule has 1 fully saturated rings. The van der Waals surface area contributed by atoms with Crippen LogP contribution in [0.2, 0.25) is 0 Å². The van der Waals surface area contributed by atoms with Crippen LogP contribution >= 0.6 is 23.2 Å². The lowest BCUT2D eigenvalue weighted by Crippen LogP contribution is -2.51. The summed E-state index contributed by atoms with van der Waals surface area (Å²) >= 11 is 11.8. The lowest BCUT2D eigenvalue weighted by atomic mass is 9.99. The van der Waals surface area contributed by atoms with Crippen LogP contribution in [0.25, 0.3) is 0 Å².